The van der Waals surface area contributed by atoms with E-state index in [1.165, 1.54) is 37.3 Å². The topological polar surface area (TPSA) is 26.3 Å². The molecule has 0 N–H and O–H groups in total. The maximum Gasteiger partial charge on any atom is 0.343 e. The number of hydrogen-bond donors (Lipinski definition) is 0. The Morgan fingerprint density at radius 3 is 2.05 bits per heavy atom. The molecule has 4 heteroatoms. The van der Waals surface area contributed by atoms with Gasteiger partial charge in [0.25, 0.3) is 0 Å². The van der Waals surface area contributed by atoms with E-state index in [-0.39, 0.29) is 17.2 Å². The van der Waals surface area contributed by atoms with Crippen LogP contribution in [-0.4, -0.2) is 5.97 Å². The summed E-state index contributed by atoms with van der Waals surface area (Å²) in [7, 11) is 0. The van der Waals surface area contributed by atoms with Gasteiger partial charge in [0.2, 0.25) is 5.82 Å². The van der Waals surface area contributed by atoms with Gasteiger partial charge in [-0.2, -0.15) is 4.39 Å². The molecule has 0 unspecified atom stereocenters. The Morgan fingerprint density at radius 1 is 0.784 bits per heavy atom. The molecule has 0 aromatic heterocycles. The Morgan fingerprint density at radius 2 is 1.43 bits per heavy atom. The number of halogens is 2. The van der Waals surface area contributed by atoms with Crippen LogP contribution in [0.3, 0.4) is 0 Å². The first kappa shape index (κ1) is 27.0. The standard InChI is InChI=1S/C33H38F2O2/c1-3-5-6-8-24-9-13-25(14-10-24)26-17-19-28(20-18-26)33(36)37-30-22-21-29(31(34)32(30)35)27-15-11-23(7-4-2)12-16-27/h9-10,13-14,17-23,27H,3-8,11-12,15-16H2,1-2H3. The molecule has 0 spiro atoms. The molecule has 0 bridgehead atoms. The minimum absolute atomic E-state index is 0.0188. The molecule has 4 rings (SSSR count). The molecule has 0 atom stereocenters. The molecule has 37 heavy (non-hydrogen) atoms. The van der Waals surface area contributed by atoms with E-state index < -0.39 is 17.6 Å². The fourth-order valence-corrected chi connectivity index (χ4v) is 5.51. The number of carbonyl (C=O) groups excluding carboxylic acids is 1. The Labute approximate surface area is 220 Å². The summed E-state index contributed by atoms with van der Waals surface area (Å²) in [5.41, 5.74) is 4.05. The van der Waals surface area contributed by atoms with E-state index in [9.17, 15) is 13.6 Å². The number of unbranched alkanes of at least 4 members (excludes halogenated alkanes) is 2. The van der Waals surface area contributed by atoms with Crippen molar-refractivity contribution < 1.29 is 18.3 Å². The first-order valence-corrected chi connectivity index (χ1v) is 13.9. The molecular formula is C33H38F2O2. The van der Waals surface area contributed by atoms with Gasteiger partial charge in [0.15, 0.2) is 11.6 Å². The first-order valence-electron chi connectivity index (χ1n) is 13.9. The van der Waals surface area contributed by atoms with Crippen molar-refractivity contribution in [3.63, 3.8) is 0 Å². The van der Waals surface area contributed by atoms with Crippen molar-refractivity contribution in [1.82, 2.24) is 0 Å². The molecule has 2 nitrogen and oxygen atoms in total. The molecule has 3 aromatic carbocycles. The van der Waals surface area contributed by atoms with Gasteiger partial charge in [-0.25, -0.2) is 9.18 Å². The van der Waals surface area contributed by atoms with Crippen LogP contribution >= 0.6 is 0 Å². The van der Waals surface area contributed by atoms with Crippen molar-refractivity contribution in [2.45, 2.75) is 84.0 Å². The fraction of sp³-hybridized carbons (Fsp3) is 0.424. The van der Waals surface area contributed by atoms with Gasteiger partial charge in [-0.3, -0.25) is 0 Å². The average molecular weight is 505 g/mol. The van der Waals surface area contributed by atoms with Gasteiger partial charge in [0, 0.05) is 0 Å². The summed E-state index contributed by atoms with van der Waals surface area (Å²) in [6.07, 6.45) is 10.9. The fourth-order valence-electron chi connectivity index (χ4n) is 5.51. The van der Waals surface area contributed by atoms with E-state index in [1.807, 2.05) is 12.1 Å². The van der Waals surface area contributed by atoms with Gasteiger partial charge in [-0.15, -0.1) is 0 Å². The van der Waals surface area contributed by atoms with E-state index in [0.717, 1.165) is 49.7 Å². The minimum atomic E-state index is -1.09. The summed E-state index contributed by atoms with van der Waals surface area (Å²) < 4.78 is 35.0. The summed E-state index contributed by atoms with van der Waals surface area (Å²) in [4.78, 5) is 12.7. The number of carbonyl (C=O) groups is 1. The van der Waals surface area contributed by atoms with Gasteiger partial charge < -0.3 is 4.74 Å². The third-order valence-electron chi connectivity index (χ3n) is 7.74. The number of hydrogen-bond acceptors (Lipinski definition) is 2. The molecule has 196 valence electrons. The molecule has 1 saturated carbocycles. The third-order valence-corrected chi connectivity index (χ3v) is 7.74. The SMILES string of the molecule is CCCCCc1ccc(-c2ccc(C(=O)Oc3ccc(C4CCC(CCC)CC4)c(F)c3F)cc2)cc1. The van der Waals surface area contributed by atoms with Crippen LogP contribution in [0.2, 0.25) is 0 Å². The predicted molar refractivity (Wildman–Crippen MR) is 146 cm³/mol. The molecule has 0 aliphatic heterocycles. The lowest BCUT2D eigenvalue weighted by Gasteiger charge is -2.29. The quantitative estimate of drug-likeness (QED) is 0.156. The van der Waals surface area contributed by atoms with Crippen LogP contribution in [0.4, 0.5) is 8.78 Å². The van der Waals surface area contributed by atoms with Gasteiger partial charge in [0.05, 0.1) is 5.56 Å². The monoisotopic (exact) mass is 504 g/mol. The maximum atomic E-state index is 14.9. The molecule has 0 heterocycles. The number of benzene rings is 3. The van der Waals surface area contributed by atoms with Gasteiger partial charge in [-0.1, -0.05) is 82.0 Å². The number of ether oxygens (including phenoxy) is 1. The van der Waals surface area contributed by atoms with E-state index in [1.54, 1.807) is 18.2 Å². The van der Waals surface area contributed by atoms with E-state index in [0.29, 0.717) is 11.5 Å². The normalized spacial score (nSPS) is 17.5. The highest BCUT2D eigenvalue weighted by atomic mass is 19.2. The molecular weight excluding hydrogens is 466 g/mol. The smallest absolute Gasteiger partial charge is 0.343 e. The lowest BCUT2D eigenvalue weighted by molar-refractivity contribution is 0.0726. The van der Waals surface area contributed by atoms with Gasteiger partial charge in [-0.05, 0) is 90.8 Å². The summed E-state index contributed by atoms with van der Waals surface area (Å²) >= 11 is 0. The highest BCUT2D eigenvalue weighted by Gasteiger charge is 2.27. The zero-order chi connectivity index (χ0) is 26.2. The maximum absolute atomic E-state index is 14.9. The Balaban J connectivity index is 1.38. The Bertz CT molecular complexity index is 1160. The van der Waals surface area contributed by atoms with Crippen molar-refractivity contribution in [3.05, 3.63) is 89.0 Å². The van der Waals surface area contributed by atoms with Crippen LogP contribution in [0.15, 0.2) is 60.7 Å². The molecule has 3 aromatic rings. The van der Waals surface area contributed by atoms with Crippen LogP contribution in [-0.2, 0) is 6.42 Å². The van der Waals surface area contributed by atoms with Crippen LogP contribution in [0.5, 0.6) is 5.75 Å². The summed E-state index contributed by atoms with van der Waals surface area (Å²) in [5.74, 6) is -2.34. The molecule has 0 saturated heterocycles. The summed E-state index contributed by atoms with van der Waals surface area (Å²) in [6, 6.07) is 18.4. The lowest BCUT2D eigenvalue weighted by atomic mass is 9.77. The number of rotatable bonds is 10. The van der Waals surface area contributed by atoms with E-state index in [2.05, 4.69) is 38.1 Å². The second-order valence-electron chi connectivity index (χ2n) is 10.4. The summed E-state index contributed by atoms with van der Waals surface area (Å²) in [6.45, 7) is 4.39. The first-order chi connectivity index (χ1) is 18.0. The van der Waals surface area contributed by atoms with Crippen LogP contribution in [0.1, 0.15) is 99.0 Å². The highest BCUT2D eigenvalue weighted by Crippen LogP contribution is 2.40. The third kappa shape index (κ3) is 6.85. The Hall–Kier alpha value is -3.01. The van der Waals surface area contributed by atoms with Crippen molar-refractivity contribution >= 4 is 5.97 Å². The minimum Gasteiger partial charge on any atom is -0.420 e. The van der Waals surface area contributed by atoms with Gasteiger partial charge in [0.1, 0.15) is 0 Å². The van der Waals surface area contributed by atoms with Crippen molar-refractivity contribution in [1.29, 1.82) is 0 Å². The molecule has 1 aliphatic rings. The van der Waals surface area contributed by atoms with Crippen molar-refractivity contribution in [2.24, 2.45) is 5.92 Å². The van der Waals surface area contributed by atoms with Crippen LogP contribution in [0.25, 0.3) is 11.1 Å². The Kier molecular flexibility index (Phi) is 9.49. The van der Waals surface area contributed by atoms with Crippen LogP contribution in [0, 0.1) is 17.6 Å². The second kappa shape index (κ2) is 13.0. The molecule has 0 amide bonds. The van der Waals surface area contributed by atoms with Crippen LogP contribution < -0.4 is 4.74 Å². The van der Waals surface area contributed by atoms with Crippen molar-refractivity contribution in [3.8, 4) is 16.9 Å². The number of esters is 1. The second-order valence-corrected chi connectivity index (χ2v) is 10.4. The van der Waals surface area contributed by atoms with E-state index in [4.69, 9.17) is 4.74 Å². The predicted octanol–water partition coefficient (Wildman–Crippen LogP) is 9.66. The zero-order valence-electron chi connectivity index (χ0n) is 22.1. The number of aryl methyl sites for hydroxylation is 1. The molecule has 1 fully saturated rings. The van der Waals surface area contributed by atoms with Gasteiger partial charge >= 0.3 is 5.97 Å². The summed E-state index contributed by atoms with van der Waals surface area (Å²) in [5, 5.41) is 0. The largest absolute Gasteiger partial charge is 0.420 e. The lowest BCUT2D eigenvalue weighted by Crippen LogP contribution is -2.15. The zero-order valence-corrected chi connectivity index (χ0v) is 22.1. The van der Waals surface area contributed by atoms with Crippen molar-refractivity contribution in [2.75, 3.05) is 0 Å². The molecule has 0 radical (unpaired) electrons. The average Bonchev–Trinajstić information content (AvgIpc) is 2.93. The molecule has 1 aliphatic carbocycles. The van der Waals surface area contributed by atoms with E-state index >= 15 is 0 Å². The highest BCUT2D eigenvalue weighted by molar-refractivity contribution is 5.91.